The fraction of sp³-hybridized carbons (Fsp3) is 0.714. The zero-order valence-corrected chi connectivity index (χ0v) is 11.3. The lowest BCUT2D eigenvalue weighted by Crippen LogP contribution is -2.38. The predicted octanol–water partition coefficient (Wildman–Crippen LogP) is 2.99. The number of carbonyl (C=O) groups is 1. The van der Waals surface area contributed by atoms with Crippen LogP contribution in [0.25, 0.3) is 0 Å². The Morgan fingerprint density at radius 1 is 1.61 bits per heavy atom. The van der Waals surface area contributed by atoms with Crippen LogP contribution < -0.4 is 0 Å². The molecular weight excluding hydrogens is 230 g/mol. The maximum Gasteiger partial charge on any atom is 0.159 e. The molecule has 4 nitrogen and oxygen atoms in total. The lowest BCUT2D eigenvalue weighted by molar-refractivity contribution is -0.121. The summed E-state index contributed by atoms with van der Waals surface area (Å²) in [7, 11) is 0. The van der Waals surface area contributed by atoms with Gasteiger partial charge in [-0.25, -0.2) is 0 Å². The van der Waals surface area contributed by atoms with Crippen LogP contribution in [0, 0.1) is 11.8 Å². The smallest absolute Gasteiger partial charge is 0.159 e. The number of aliphatic hydroxyl groups excluding tert-OH is 1. The van der Waals surface area contributed by atoms with Crippen LogP contribution in [-0.2, 0) is 9.63 Å². The van der Waals surface area contributed by atoms with E-state index in [0.29, 0.717) is 18.8 Å². The normalized spacial score (nSPS) is 33.7. The molecule has 100 valence electrons. The molecule has 0 saturated heterocycles. The van der Waals surface area contributed by atoms with Crippen molar-refractivity contribution in [2.24, 2.45) is 17.0 Å². The zero-order valence-electron chi connectivity index (χ0n) is 11.3. The van der Waals surface area contributed by atoms with Gasteiger partial charge in [0.25, 0.3) is 0 Å². The molecule has 0 aromatic carbocycles. The highest BCUT2D eigenvalue weighted by Crippen LogP contribution is 2.40. The SMILES string of the molecule is CCC(C)C1=NOC(C)(C2CC(=O)C=C(O)C2)C1. The Morgan fingerprint density at radius 2 is 2.33 bits per heavy atom. The van der Waals surface area contributed by atoms with E-state index in [9.17, 15) is 9.90 Å². The molecule has 1 aliphatic heterocycles. The molecular formula is C14H21NO3. The van der Waals surface area contributed by atoms with Gasteiger partial charge < -0.3 is 9.94 Å². The van der Waals surface area contributed by atoms with E-state index < -0.39 is 5.60 Å². The molecule has 0 aromatic rings. The highest BCUT2D eigenvalue weighted by Gasteiger charge is 2.44. The molecule has 0 amide bonds. The molecule has 0 saturated carbocycles. The molecule has 0 bridgehead atoms. The average molecular weight is 251 g/mol. The van der Waals surface area contributed by atoms with Gasteiger partial charge >= 0.3 is 0 Å². The van der Waals surface area contributed by atoms with E-state index in [-0.39, 0.29) is 17.5 Å². The monoisotopic (exact) mass is 251 g/mol. The highest BCUT2D eigenvalue weighted by molar-refractivity contribution is 5.92. The lowest BCUT2D eigenvalue weighted by Gasteiger charge is -2.32. The molecule has 1 N–H and O–H groups in total. The lowest BCUT2D eigenvalue weighted by atomic mass is 9.76. The van der Waals surface area contributed by atoms with Crippen LogP contribution in [0.2, 0.25) is 0 Å². The van der Waals surface area contributed by atoms with E-state index in [2.05, 4.69) is 19.0 Å². The highest BCUT2D eigenvalue weighted by atomic mass is 16.7. The summed E-state index contributed by atoms with van der Waals surface area (Å²) < 4.78 is 0. The first-order valence-corrected chi connectivity index (χ1v) is 6.62. The van der Waals surface area contributed by atoms with E-state index in [0.717, 1.165) is 18.6 Å². The molecule has 0 fully saturated rings. The van der Waals surface area contributed by atoms with E-state index in [1.165, 1.54) is 6.08 Å². The Morgan fingerprint density at radius 3 is 2.94 bits per heavy atom. The largest absolute Gasteiger partial charge is 0.512 e. The first kappa shape index (κ1) is 13.1. The third-order valence-corrected chi connectivity index (χ3v) is 4.18. The van der Waals surface area contributed by atoms with Gasteiger partial charge in [-0.05, 0) is 19.3 Å². The Kier molecular flexibility index (Phi) is 3.46. The minimum absolute atomic E-state index is 0.0142. The van der Waals surface area contributed by atoms with E-state index in [4.69, 9.17) is 4.84 Å². The number of hydrogen-bond donors (Lipinski definition) is 1. The van der Waals surface area contributed by atoms with E-state index >= 15 is 0 Å². The number of carbonyl (C=O) groups excluding carboxylic acids is 1. The maximum absolute atomic E-state index is 11.5. The van der Waals surface area contributed by atoms with Crippen LogP contribution in [0.1, 0.15) is 46.5 Å². The van der Waals surface area contributed by atoms with Gasteiger partial charge in [0.15, 0.2) is 5.78 Å². The van der Waals surface area contributed by atoms with Crippen molar-refractivity contribution in [3.8, 4) is 0 Å². The summed E-state index contributed by atoms with van der Waals surface area (Å²) >= 11 is 0. The fourth-order valence-electron chi connectivity index (χ4n) is 2.61. The van der Waals surface area contributed by atoms with Gasteiger partial charge in [-0.15, -0.1) is 0 Å². The molecule has 4 heteroatoms. The molecule has 2 aliphatic rings. The van der Waals surface area contributed by atoms with Crippen molar-refractivity contribution in [2.75, 3.05) is 0 Å². The molecule has 18 heavy (non-hydrogen) atoms. The minimum atomic E-state index is -0.448. The van der Waals surface area contributed by atoms with Crippen molar-refractivity contribution < 1.29 is 14.7 Å². The minimum Gasteiger partial charge on any atom is -0.512 e. The standard InChI is InChI=1S/C14H21NO3/c1-4-9(2)13-8-14(3,18-15-13)10-5-11(16)7-12(17)6-10/h7,9-10,16H,4-6,8H2,1-3H3. The Hall–Kier alpha value is -1.32. The van der Waals surface area contributed by atoms with Crippen molar-refractivity contribution in [2.45, 2.75) is 52.1 Å². The van der Waals surface area contributed by atoms with Crippen LogP contribution in [-0.4, -0.2) is 22.2 Å². The molecule has 0 spiro atoms. The van der Waals surface area contributed by atoms with Crippen molar-refractivity contribution >= 4 is 11.5 Å². The average Bonchev–Trinajstić information content (AvgIpc) is 2.71. The third kappa shape index (κ3) is 2.42. The first-order valence-electron chi connectivity index (χ1n) is 6.62. The van der Waals surface area contributed by atoms with E-state index in [1.54, 1.807) is 0 Å². The summed E-state index contributed by atoms with van der Waals surface area (Å²) in [6, 6.07) is 0. The predicted molar refractivity (Wildman–Crippen MR) is 69.4 cm³/mol. The number of allylic oxidation sites excluding steroid dienone is 2. The van der Waals surface area contributed by atoms with Crippen molar-refractivity contribution in [3.63, 3.8) is 0 Å². The number of nitrogens with zero attached hydrogens (tertiary/aromatic N) is 1. The summed E-state index contributed by atoms with van der Waals surface area (Å²) in [5.74, 6) is 0.569. The molecule has 3 unspecified atom stereocenters. The van der Waals surface area contributed by atoms with Crippen LogP contribution >= 0.6 is 0 Å². The molecule has 3 atom stereocenters. The number of hydrogen-bond acceptors (Lipinski definition) is 4. The first-order chi connectivity index (χ1) is 8.44. The summed E-state index contributed by atoms with van der Waals surface area (Å²) in [4.78, 5) is 17.1. The van der Waals surface area contributed by atoms with Gasteiger partial charge in [-0.3, -0.25) is 4.79 Å². The van der Waals surface area contributed by atoms with Gasteiger partial charge in [0.2, 0.25) is 0 Å². The molecule has 1 aliphatic carbocycles. The number of oxime groups is 1. The second kappa shape index (κ2) is 4.75. The van der Waals surface area contributed by atoms with Crippen LogP contribution in [0.15, 0.2) is 17.0 Å². The number of aliphatic hydroxyl groups is 1. The maximum atomic E-state index is 11.5. The summed E-state index contributed by atoms with van der Waals surface area (Å²) in [5.41, 5.74) is 0.623. The quantitative estimate of drug-likeness (QED) is 0.838. The zero-order chi connectivity index (χ0) is 13.3. The second-order valence-electron chi connectivity index (χ2n) is 5.68. The number of rotatable bonds is 3. The van der Waals surface area contributed by atoms with Crippen molar-refractivity contribution in [3.05, 3.63) is 11.8 Å². The van der Waals surface area contributed by atoms with E-state index in [1.807, 2.05) is 6.92 Å². The van der Waals surface area contributed by atoms with Crippen LogP contribution in [0.5, 0.6) is 0 Å². The Labute approximate surface area is 108 Å². The van der Waals surface area contributed by atoms with Crippen LogP contribution in [0.3, 0.4) is 0 Å². The summed E-state index contributed by atoms with van der Waals surface area (Å²) in [6.45, 7) is 6.25. The topological polar surface area (TPSA) is 58.9 Å². The van der Waals surface area contributed by atoms with Gasteiger partial charge in [0.1, 0.15) is 5.60 Å². The summed E-state index contributed by atoms with van der Waals surface area (Å²) in [6.07, 6.45) is 4.06. The third-order valence-electron chi connectivity index (χ3n) is 4.18. The fourth-order valence-corrected chi connectivity index (χ4v) is 2.61. The van der Waals surface area contributed by atoms with Gasteiger partial charge in [-0.1, -0.05) is 19.0 Å². The van der Waals surface area contributed by atoms with Gasteiger partial charge in [0, 0.05) is 31.3 Å². The Bertz CT molecular complexity index is 413. The molecule has 0 radical (unpaired) electrons. The Balaban J connectivity index is 2.07. The molecule has 0 aromatic heterocycles. The van der Waals surface area contributed by atoms with Crippen molar-refractivity contribution in [1.82, 2.24) is 0 Å². The summed E-state index contributed by atoms with van der Waals surface area (Å²) in [5, 5.41) is 13.8. The van der Waals surface area contributed by atoms with Crippen LogP contribution in [0.4, 0.5) is 0 Å². The number of ketones is 1. The van der Waals surface area contributed by atoms with Crippen molar-refractivity contribution in [1.29, 1.82) is 0 Å². The second-order valence-corrected chi connectivity index (χ2v) is 5.68. The molecule has 1 heterocycles. The van der Waals surface area contributed by atoms with Gasteiger partial charge in [-0.2, -0.15) is 0 Å². The van der Waals surface area contributed by atoms with Gasteiger partial charge in [0.05, 0.1) is 11.5 Å². The molecule has 2 rings (SSSR count).